The zero-order valence-corrected chi connectivity index (χ0v) is 11.6. The van der Waals surface area contributed by atoms with Gasteiger partial charge in [0.2, 0.25) is 5.91 Å². The number of rotatable bonds is 2. The van der Waals surface area contributed by atoms with E-state index >= 15 is 0 Å². The molecule has 1 atom stereocenters. The van der Waals surface area contributed by atoms with E-state index in [4.69, 9.17) is 11.6 Å². The average molecular weight is 294 g/mol. The van der Waals surface area contributed by atoms with Gasteiger partial charge in [-0.05, 0) is 24.6 Å². The molecule has 3 rings (SSSR count). The van der Waals surface area contributed by atoms with Crippen molar-refractivity contribution in [3.63, 3.8) is 0 Å². The van der Waals surface area contributed by atoms with Crippen molar-refractivity contribution in [2.75, 3.05) is 5.32 Å². The normalized spacial score (nSPS) is 17.8. The van der Waals surface area contributed by atoms with Crippen molar-refractivity contribution in [2.45, 2.75) is 25.8 Å². The molecule has 1 N–H and O–H groups in total. The van der Waals surface area contributed by atoms with Crippen molar-refractivity contribution in [1.82, 2.24) is 9.78 Å². The fourth-order valence-electron chi connectivity index (χ4n) is 2.54. The van der Waals surface area contributed by atoms with Gasteiger partial charge in [-0.15, -0.1) is 0 Å². The first-order chi connectivity index (χ1) is 9.60. The van der Waals surface area contributed by atoms with E-state index in [9.17, 15) is 9.18 Å². The van der Waals surface area contributed by atoms with Crippen LogP contribution < -0.4 is 5.32 Å². The topological polar surface area (TPSA) is 46.9 Å². The van der Waals surface area contributed by atoms with Crippen molar-refractivity contribution in [1.29, 1.82) is 0 Å². The van der Waals surface area contributed by atoms with E-state index in [-0.39, 0.29) is 23.3 Å². The number of fused-ring (bicyclic) bond motifs is 1. The van der Waals surface area contributed by atoms with E-state index in [1.54, 1.807) is 16.9 Å². The summed E-state index contributed by atoms with van der Waals surface area (Å²) in [5.74, 6) is -0.0532. The Morgan fingerprint density at radius 3 is 3.05 bits per heavy atom. The molecule has 0 radical (unpaired) electrons. The molecule has 1 aromatic carbocycles. The van der Waals surface area contributed by atoms with Crippen molar-refractivity contribution >= 4 is 23.3 Å². The summed E-state index contributed by atoms with van der Waals surface area (Å²) < 4.78 is 15.4. The second-order valence-corrected chi connectivity index (χ2v) is 5.15. The van der Waals surface area contributed by atoms with E-state index in [1.165, 1.54) is 12.1 Å². The molecule has 1 aromatic heterocycles. The Bertz CT molecular complexity index is 683. The summed E-state index contributed by atoms with van der Waals surface area (Å²) in [7, 11) is 0. The van der Waals surface area contributed by atoms with Crippen LogP contribution in [0.4, 0.5) is 10.2 Å². The minimum atomic E-state index is -0.473. The number of nitrogens with zero attached hydrogens (tertiary/aromatic N) is 2. The minimum Gasteiger partial charge on any atom is -0.311 e. The van der Waals surface area contributed by atoms with Gasteiger partial charge in [-0.1, -0.05) is 17.7 Å². The highest BCUT2D eigenvalue weighted by atomic mass is 35.5. The first-order valence-electron chi connectivity index (χ1n) is 6.40. The fraction of sp³-hybridized carbons (Fsp3) is 0.286. The average Bonchev–Trinajstić information content (AvgIpc) is 2.83. The Morgan fingerprint density at radius 2 is 2.35 bits per heavy atom. The lowest BCUT2D eigenvalue weighted by molar-refractivity contribution is -0.116. The molecule has 0 bridgehead atoms. The standard InChI is InChI=1S/C14H13ClFN3O/c1-2-19-14-10(7-17-19)9(6-13(20)18-14)8-3-4-11(15)12(16)5-8/h3-5,7,9H,2,6H2,1H3,(H,18,20). The molecule has 1 aliphatic heterocycles. The molecule has 0 fully saturated rings. The number of carbonyl (C=O) groups excluding carboxylic acids is 1. The summed E-state index contributed by atoms with van der Waals surface area (Å²) in [6.07, 6.45) is 2.01. The van der Waals surface area contributed by atoms with E-state index in [2.05, 4.69) is 10.4 Å². The van der Waals surface area contributed by atoms with Crippen molar-refractivity contribution in [3.05, 3.63) is 46.4 Å². The van der Waals surface area contributed by atoms with Gasteiger partial charge in [-0.25, -0.2) is 9.07 Å². The molecule has 1 aliphatic rings. The molecule has 0 saturated carbocycles. The number of amides is 1. The number of aromatic nitrogens is 2. The van der Waals surface area contributed by atoms with Gasteiger partial charge in [-0.2, -0.15) is 5.10 Å². The number of benzene rings is 1. The predicted octanol–water partition coefficient (Wildman–Crippen LogP) is 3.17. The second kappa shape index (κ2) is 4.90. The third-order valence-electron chi connectivity index (χ3n) is 3.54. The Hall–Kier alpha value is -1.88. The van der Waals surface area contributed by atoms with Gasteiger partial charge in [-0.3, -0.25) is 4.79 Å². The summed E-state index contributed by atoms with van der Waals surface area (Å²) in [4.78, 5) is 11.9. The maximum Gasteiger partial charge on any atom is 0.226 e. The maximum absolute atomic E-state index is 13.6. The molecule has 4 nitrogen and oxygen atoms in total. The van der Waals surface area contributed by atoms with Gasteiger partial charge in [0.15, 0.2) is 0 Å². The Kier molecular flexibility index (Phi) is 3.22. The van der Waals surface area contributed by atoms with Crippen LogP contribution in [0.1, 0.15) is 30.4 Å². The lowest BCUT2D eigenvalue weighted by Crippen LogP contribution is -2.24. The number of nitrogens with one attached hydrogen (secondary N) is 1. The highest BCUT2D eigenvalue weighted by molar-refractivity contribution is 6.30. The third kappa shape index (κ3) is 2.08. The number of halogens is 2. The first kappa shape index (κ1) is 13.1. The van der Waals surface area contributed by atoms with Crippen molar-refractivity contribution in [2.24, 2.45) is 0 Å². The monoisotopic (exact) mass is 293 g/mol. The largest absolute Gasteiger partial charge is 0.311 e. The van der Waals surface area contributed by atoms with Gasteiger partial charge in [0.05, 0.1) is 11.2 Å². The number of aryl methyl sites for hydroxylation is 1. The molecule has 20 heavy (non-hydrogen) atoms. The first-order valence-corrected chi connectivity index (χ1v) is 6.78. The molecular formula is C14H13ClFN3O. The Labute approximate surface area is 120 Å². The van der Waals surface area contributed by atoms with Crippen LogP contribution in [0.2, 0.25) is 5.02 Å². The van der Waals surface area contributed by atoms with Crippen molar-refractivity contribution in [3.8, 4) is 0 Å². The summed E-state index contributed by atoms with van der Waals surface area (Å²) in [6, 6.07) is 4.66. The van der Waals surface area contributed by atoms with Gasteiger partial charge in [0.1, 0.15) is 11.6 Å². The Balaban J connectivity index is 2.08. The minimum absolute atomic E-state index is 0.0819. The van der Waals surface area contributed by atoms with Gasteiger partial charge >= 0.3 is 0 Å². The molecule has 1 amide bonds. The highest BCUT2D eigenvalue weighted by Crippen LogP contribution is 2.37. The summed E-state index contributed by atoms with van der Waals surface area (Å²) in [5, 5.41) is 7.16. The summed E-state index contributed by atoms with van der Waals surface area (Å²) in [5.41, 5.74) is 1.65. The second-order valence-electron chi connectivity index (χ2n) is 4.74. The fourth-order valence-corrected chi connectivity index (χ4v) is 2.65. The van der Waals surface area contributed by atoms with Crippen LogP contribution in [0.25, 0.3) is 0 Å². The third-order valence-corrected chi connectivity index (χ3v) is 3.84. The molecule has 2 aromatic rings. The van der Waals surface area contributed by atoms with Crippen LogP contribution in [0.3, 0.4) is 0 Å². The molecule has 6 heteroatoms. The zero-order valence-electron chi connectivity index (χ0n) is 10.9. The van der Waals surface area contributed by atoms with E-state index < -0.39 is 5.82 Å². The number of carbonyl (C=O) groups is 1. The Morgan fingerprint density at radius 1 is 1.55 bits per heavy atom. The van der Waals surface area contributed by atoms with E-state index in [1.807, 2.05) is 6.92 Å². The molecule has 0 saturated heterocycles. The van der Waals surface area contributed by atoms with E-state index in [0.717, 1.165) is 11.1 Å². The highest BCUT2D eigenvalue weighted by Gasteiger charge is 2.30. The van der Waals surface area contributed by atoms with Crippen molar-refractivity contribution < 1.29 is 9.18 Å². The van der Waals surface area contributed by atoms with Gasteiger partial charge in [0.25, 0.3) is 0 Å². The van der Waals surface area contributed by atoms with E-state index in [0.29, 0.717) is 12.4 Å². The quantitative estimate of drug-likeness (QED) is 0.924. The number of hydrogen-bond donors (Lipinski definition) is 1. The van der Waals surface area contributed by atoms with Gasteiger partial charge < -0.3 is 5.32 Å². The predicted molar refractivity (Wildman–Crippen MR) is 74.4 cm³/mol. The molecule has 104 valence electrons. The van der Waals surface area contributed by atoms with Crippen LogP contribution in [0, 0.1) is 5.82 Å². The summed E-state index contributed by atoms with van der Waals surface area (Å²) >= 11 is 5.70. The smallest absolute Gasteiger partial charge is 0.226 e. The lowest BCUT2D eigenvalue weighted by Gasteiger charge is -2.23. The number of anilines is 1. The SMILES string of the molecule is CCn1ncc2c1NC(=O)CC2c1ccc(Cl)c(F)c1. The molecule has 2 heterocycles. The summed E-state index contributed by atoms with van der Waals surface area (Å²) in [6.45, 7) is 2.61. The number of hydrogen-bond acceptors (Lipinski definition) is 2. The molecule has 0 spiro atoms. The van der Waals surface area contributed by atoms with Crippen LogP contribution >= 0.6 is 11.6 Å². The van der Waals surface area contributed by atoms with Crippen LogP contribution in [-0.2, 0) is 11.3 Å². The molecular weight excluding hydrogens is 281 g/mol. The lowest BCUT2D eigenvalue weighted by atomic mass is 9.87. The van der Waals surface area contributed by atoms with Crippen LogP contribution in [-0.4, -0.2) is 15.7 Å². The maximum atomic E-state index is 13.6. The zero-order chi connectivity index (χ0) is 14.3. The van der Waals surface area contributed by atoms with Gasteiger partial charge in [0, 0.05) is 24.4 Å². The van der Waals surface area contributed by atoms with Crippen LogP contribution in [0.5, 0.6) is 0 Å². The molecule has 1 unspecified atom stereocenters. The molecule has 0 aliphatic carbocycles. The van der Waals surface area contributed by atoms with Crippen LogP contribution in [0.15, 0.2) is 24.4 Å².